The van der Waals surface area contributed by atoms with Crippen LogP contribution in [0.3, 0.4) is 0 Å². The lowest BCUT2D eigenvalue weighted by Crippen LogP contribution is -2.33. The minimum Gasteiger partial charge on any atom is -0.459 e. The molecule has 0 bridgehead atoms. The van der Waals surface area contributed by atoms with Crippen LogP contribution in [0.5, 0.6) is 0 Å². The number of rotatable bonds is 6. The van der Waals surface area contributed by atoms with E-state index >= 15 is 0 Å². The minimum absolute atomic E-state index is 0.622. The Morgan fingerprint density at radius 2 is 1.52 bits per heavy atom. The van der Waals surface area contributed by atoms with Gasteiger partial charge >= 0.3 is 0 Å². The fourth-order valence-electron chi connectivity index (χ4n) is 4.95. The molecule has 0 fully saturated rings. The van der Waals surface area contributed by atoms with Crippen LogP contribution in [0, 0.1) is 11.3 Å². The van der Waals surface area contributed by atoms with Crippen molar-refractivity contribution in [3.63, 3.8) is 0 Å². The standard InChI is InChI=1S/C28H26N2O/c29-21-28(22-10-3-1-4-11-22,23-12-5-2-6-13-23)17-9-18-30-19-16-25-24-14-7-8-15-26(24)31-27(25)20-30/h1-8,10-15H,9,16-20H2. The molecular formula is C28H26N2O. The number of fused-ring (bicyclic) bond motifs is 3. The third kappa shape index (κ3) is 3.65. The fraction of sp³-hybridized carbons (Fsp3) is 0.250. The quantitative estimate of drug-likeness (QED) is 0.389. The average molecular weight is 407 g/mol. The van der Waals surface area contributed by atoms with Gasteiger partial charge in [-0.05, 0) is 43.0 Å². The Bertz CT molecular complexity index is 1160. The number of furan rings is 1. The van der Waals surface area contributed by atoms with Gasteiger partial charge < -0.3 is 4.42 Å². The van der Waals surface area contributed by atoms with Crippen LogP contribution in [0.2, 0.25) is 0 Å². The zero-order chi connectivity index (χ0) is 21.1. The first-order valence-corrected chi connectivity index (χ1v) is 11.0. The highest BCUT2D eigenvalue weighted by atomic mass is 16.3. The highest BCUT2D eigenvalue weighted by Crippen LogP contribution is 2.37. The molecule has 0 amide bonds. The van der Waals surface area contributed by atoms with Gasteiger partial charge in [0.2, 0.25) is 0 Å². The number of hydrogen-bond donors (Lipinski definition) is 0. The fourth-order valence-corrected chi connectivity index (χ4v) is 4.95. The molecular weight excluding hydrogens is 380 g/mol. The van der Waals surface area contributed by atoms with Crippen molar-refractivity contribution in [2.24, 2.45) is 0 Å². The molecule has 3 heteroatoms. The Balaban J connectivity index is 1.33. The second-order valence-electron chi connectivity index (χ2n) is 8.38. The molecule has 0 N–H and O–H groups in total. The van der Waals surface area contributed by atoms with Gasteiger partial charge in [0.15, 0.2) is 0 Å². The molecule has 1 aliphatic heterocycles. The van der Waals surface area contributed by atoms with Crippen molar-refractivity contribution in [3.05, 3.63) is 107 Å². The van der Waals surface area contributed by atoms with Gasteiger partial charge in [-0.3, -0.25) is 4.90 Å². The molecule has 4 aromatic rings. The van der Waals surface area contributed by atoms with Crippen molar-refractivity contribution in [1.82, 2.24) is 4.90 Å². The Morgan fingerprint density at radius 1 is 0.871 bits per heavy atom. The smallest absolute Gasteiger partial charge is 0.134 e. The number of hydrogen-bond acceptors (Lipinski definition) is 3. The molecule has 0 aliphatic carbocycles. The van der Waals surface area contributed by atoms with Gasteiger partial charge in [0.1, 0.15) is 16.8 Å². The third-order valence-corrected chi connectivity index (χ3v) is 6.58. The van der Waals surface area contributed by atoms with Crippen molar-refractivity contribution in [2.45, 2.75) is 31.2 Å². The number of nitriles is 1. The van der Waals surface area contributed by atoms with Gasteiger partial charge in [-0.15, -0.1) is 0 Å². The van der Waals surface area contributed by atoms with E-state index in [0.717, 1.165) is 61.4 Å². The van der Waals surface area contributed by atoms with E-state index in [4.69, 9.17) is 4.42 Å². The molecule has 0 unspecified atom stereocenters. The molecule has 5 rings (SSSR count). The maximum absolute atomic E-state index is 10.4. The summed E-state index contributed by atoms with van der Waals surface area (Å²) in [5, 5.41) is 11.6. The third-order valence-electron chi connectivity index (χ3n) is 6.58. The maximum atomic E-state index is 10.4. The number of benzene rings is 3. The van der Waals surface area contributed by atoms with Crippen LogP contribution < -0.4 is 0 Å². The van der Waals surface area contributed by atoms with E-state index in [9.17, 15) is 5.26 Å². The Kier molecular flexibility index (Phi) is 5.32. The average Bonchev–Trinajstić information content (AvgIpc) is 3.21. The van der Waals surface area contributed by atoms with Gasteiger partial charge in [-0.1, -0.05) is 78.9 Å². The first-order chi connectivity index (χ1) is 15.3. The van der Waals surface area contributed by atoms with Gasteiger partial charge in [0, 0.05) is 17.5 Å². The van der Waals surface area contributed by atoms with Crippen LogP contribution in [-0.2, 0) is 18.4 Å². The zero-order valence-electron chi connectivity index (χ0n) is 17.6. The molecule has 2 heterocycles. The lowest BCUT2D eigenvalue weighted by molar-refractivity contribution is 0.224. The summed E-state index contributed by atoms with van der Waals surface area (Å²) in [4.78, 5) is 2.46. The van der Waals surface area contributed by atoms with Crippen LogP contribution in [0.25, 0.3) is 11.0 Å². The van der Waals surface area contributed by atoms with E-state index in [-0.39, 0.29) is 0 Å². The van der Waals surface area contributed by atoms with Gasteiger partial charge in [-0.2, -0.15) is 5.26 Å². The van der Waals surface area contributed by atoms with E-state index in [1.165, 1.54) is 10.9 Å². The summed E-state index contributed by atoms with van der Waals surface area (Å²) in [6.45, 7) is 2.84. The van der Waals surface area contributed by atoms with Crippen molar-refractivity contribution in [3.8, 4) is 6.07 Å². The normalized spacial score (nSPS) is 14.3. The van der Waals surface area contributed by atoms with Crippen LogP contribution in [0.4, 0.5) is 0 Å². The van der Waals surface area contributed by atoms with Crippen molar-refractivity contribution in [2.75, 3.05) is 13.1 Å². The van der Waals surface area contributed by atoms with Crippen LogP contribution in [-0.4, -0.2) is 18.0 Å². The van der Waals surface area contributed by atoms with E-state index in [0.29, 0.717) is 0 Å². The summed E-state index contributed by atoms with van der Waals surface area (Å²) in [5.41, 5.74) is 3.88. The van der Waals surface area contributed by atoms with Gasteiger partial charge in [0.25, 0.3) is 0 Å². The van der Waals surface area contributed by atoms with E-state index < -0.39 is 5.41 Å². The Morgan fingerprint density at radius 3 is 2.19 bits per heavy atom. The molecule has 1 aromatic heterocycles. The molecule has 3 aromatic carbocycles. The van der Waals surface area contributed by atoms with Crippen LogP contribution >= 0.6 is 0 Å². The molecule has 3 nitrogen and oxygen atoms in total. The van der Waals surface area contributed by atoms with Gasteiger partial charge in [-0.25, -0.2) is 0 Å². The summed E-state index contributed by atoms with van der Waals surface area (Å²) < 4.78 is 6.13. The van der Waals surface area contributed by atoms with Crippen LogP contribution in [0.15, 0.2) is 89.3 Å². The minimum atomic E-state index is -0.622. The summed E-state index contributed by atoms with van der Waals surface area (Å²) in [6, 6.07) is 31.5. The number of para-hydroxylation sites is 1. The molecule has 0 saturated carbocycles. The van der Waals surface area contributed by atoms with Crippen molar-refractivity contribution >= 4 is 11.0 Å². The van der Waals surface area contributed by atoms with E-state index in [1.54, 1.807) is 0 Å². The number of nitrogens with zero attached hydrogens (tertiary/aromatic N) is 2. The Hall–Kier alpha value is -3.35. The predicted molar refractivity (Wildman–Crippen MR) is 124 cm³/mol. The second kappa shape index (κ2) is 8.41. The zero-order valence-corrected chi connectivity index (χ0v) is 17.6. The first-order valence-electron chi connectivity index (χ1n) is 11.0. The van der Waals surface area contributed by atoms with Crippen molar-refractivity contribution < 1.29 is 4.42 Å². The topological polar surface area (TPSA) is 40.2 Å². The van der Waals surface area contributed by atoms with E-state index in [1.807, 2.05) is 42.5 Å². The molecule has 0 atom stereocenters. The lowest BCUT2D eigenvalue weighted by Gasteiger charge is -2.30. The monoisotopic (exact) mass is 406 g/mol. The molecule has 0 radical (unpaired) electrons. The summed E-state index contributed by atoms with van der Waals surface area (Å²) in [6.07, 6.45) is 2.76. The molecule has 31 heavy (non-hydrogen) atoms. The molecule has 0 saturated heterocycles. The van der Waals surface area contributed by atoms with Gasteiger partial charge in [0.05, 0.1) is 12.6 Å². The SMILES string of the molecule is N#CC(CCCN1CCc2c(oc3ccccc23)C1)(c1ccccc1)c1ccccc1. The molecule has 154 valence electrons. The first kappa shape index (κ1) is 19.6. The van der Waals surface area contributed by atoms with E-state index in [2.05, 4.69) is 53.4 Å². The summed E-state index contributed by atoms with van der Waals surface area (Å²) in [7, 11) is 0. The highest BCUT2D eigenvalue weighted by molar-refractivity contribution is 5.82. The highest BCUT2D eigenvalue weighted by Gasteiger charge is 2.34. The van der Waals surface area contributed by atoms with Crippen molar-refractivity contribution in [1.29, 1.82) is 5.26 Å². The largest absolute Gasteiger partial charge is 0.459 e. The Labute approximate surface area is 183 Å². The van der Waals surface area contributed by atoms with Crippen LogP contribution in [0.1, 0.15) is 35.3 Å². The predicted octanol–water partition coefficient (Wildman–Crippen LogP) is 6.08. The second-order valence-corrected chi connectivity index (χ2v) is 8.38. The summed E-state index contributed by atoms with van der Waals surface area (Å²) >= 11 is 0. The maximum Gasteiger partial charge on any atom is 0.134 e. The lowest BCUT2D eigenvalue weighted by atomic mass is 9.72. The summed E-state index contributed by atoms with van der Waals surface area (Å²) in [5.74, 6) is 1.10. The molecule has 0 spiro atoms. The molecule has 1 aliphatic rings.